The fourth-order valence-electron chi connectivity index (χ4n) is 2.43. The highest BCUT2D eigenvalue weighted by Gasteiger charge is 1.98. The zero-order valence-electron chi connectivity index (χ0n) is 30.7. The predicted octanol–water partition coefficient (Wildman–Crippen LogP) is 9.90. The van der Waals surface area contributed by atoms with Crippen molar-refractivity contribution >= 4 is 0 Å². The molecule has 0 unspecified atom stereocenters. The standard InChI is InChI=1S/3C7H10N2.C6H9N3.4C2H6/c2*1-6(2)7-3-4-8-5-9-7;1-6(2)7-4-3-5-8-9-7;1-5(2)6-3-7-4-8-9-6;4*1-2/h3*3-6H,1-2H3;3-5H,1-2H3;4*1-2H3. The summed E-state index contributed by atoms with van der Waals surface area (Å²) >= 11 is 0. The Morgan fingerprint density at radius 1 is 0.409 bits per heavy atom. The minimum Gasteiger partial charge on any atom is -0.245 e. The van der Waals surface area contributed by atoms with Crippen LogP contribution in [-0.4, -0.2) is 45.3 Å². The number of hydrogen-bond donors (Lipinski definition) is 0. The number of hydrogen-bond acceptors (Lipinski definition) is 9. The van der Waals surface area contributed by atoms with E-state index in [9.17, 15) is 0 Å². The lowest BCUT2D eigenvalue weighted by Crippen LogP contribution is -1.94. The summed E-state index contributed by atoms with van der Waals surface area (Å²) in [6.45, 7) is 32.8. The fraction of sp³-hybridized carbons (Fsp3) is 0.571. The molecule has 0 saturated carbocycles. The maximum atomic E-state index is 4.07. The van der Waals surface area contributed by atoms with Crippen molar-refractivity contribution in [2.45, 2.75) is 134 Å². The molecule has 0 bridgehead atoms. The van der Waals surface area contributed by atoms with Crippen molar-refractivity contribution in [2.24, 2.45) is 0 Å². The molecule has 0 saturated heterocycles. The monoisotopic (exact) mass is 610 g/mol. The molecule has 9 heteroatoms. The molecule has 4 heterocycles. The molecular weight excluding hydrogens is 546 g/mol. The Labute approximate surface area is 270 Å². The van der Waals surface area contributed by atoms with E-state index in [4.69, 9.17) is 0 Å². The van der Waals surface area contributed by atoms with Crippen molar-refractivity contribution in [2.75, 3.05) is 0 Å². The van der Waals surface area contributed by atoms with Gasteiger partial charge in [-0.25, -0.2) is 24.9 Å². The van der Waals surface area contributed by atoms with E-state index in [2.05, 4.69) is 101 Å². The molecule has 0 N–H and O–H groups in total. The van der Waals surface area contributed by atoms with E-state index in [1.807, 2.05) is 79.7 Å². The summed E-state index contributed by atoms with van der Waals surface area (Å²) in [4.78, 5) is 19.6. The van der Waals surface area contributed by atoms with E-state index in [1.165, 1.54) is 6.33 Å². The van der Waals surface area contributed by atoms with Gasteiger partial charge in [0.1, 0.15) is 19.0 Å². The van der Waals surface area contributed by atoms with Crippen LogP contribution in [0.25, 0.3) is 0 Å². The second-order valence-corrected chi connectivity index (χ2v) is 9.07. The first-order chi connectivity index (χ1) is 21.2. The topological polar surface area (TPSA) is 116 Å². The Kier molecular flexibility index (Phi) is 38.0. The van der Waals surface area contributed by atoms with Crippen molar-refractivity contribution in [3.63, 3.8) is 0 Å². The number of rotatable bonds is 4. The third-order valence-electron chi connectivity index (χ3n) is 4.67. The summed E-state index contributed by atoms with van der Waals surface area (Å²) in [6, 6.07) is 7.76. The summed E-state index contributed by atoms with van der Waals surface area (Å²) in [7, 11) is 0. The Balaban J connectivity index is -0.000000225. The highest BCUT2D eigenvalue weighted by Crippen LogP contribution is 2.09. The predicted molar refractivity (Wildman–Crippen MR) is 188 cm³/mol. The first-order valence-electron chi connectivity index (χ1n) is 16.1. The van der Waals surface area contributed by atoms with Gasteiger partial charge in [0.05, 0.1) is 17.6 Å². The lowest BCUT2D eigenvalue weighted by atomic mass is 10.1. The molecule has 9 nitrogen and oxygen atoms in total. The van der Waals surface area contributed by atoms with Crippen LogP contribution in [0.4, 0.5) is 0 Å². The summed E-state index contributed by atoms with van der Waals surface area (Å²) < 4.78 is 0. The molecular formula is C35H63N9. The van der Waals surface area contributed by atoms with Gasteiger partial charge in [-0.3, -0.25) is 0 Å². The molecule has 0 radical (unpaired) electrons. The van der Waals surface area contributed by atoms with Crippen LogP contribution in [0.2, 0.25) is 0 Å². The average Bonchev–Trinajstić information content (AvgIpc) is 3.11. The molecule has 0 fully saturated rings. The minimum absolute atomic E-state index is 0.422. The lowest BCUT2D eigenvalue weighted by molar-refractivity contribution is 0.766. The Bertz CT molecular complexity index is 857. The van der Waals surface area contributed by atoms with Gasteiger partial charge in [0.15, 0.2) is 0 Å². The zero-order chi connectivity index (χ0) is 34.8. The molecule has 4 aromatic rings. The third kappa shape index (κ3) is 27.1. The van der Waals surface area contributed by atoms with Crippen LogP contribution in [0.1, 0.15) is 157 Å². The van der Waals surface area contributed by atoms with Gasteiger partial charge in [-0.15, -0.1) is 5.10 Å². The first kappa shape index (κ1) is 47.2. The normalized spacial score (nSPS) is 8.82. The van der Waals surface area contributed by atoms with Gasteiger partial charge in [0.2, 0.25) is 0 Å². The molecule has 0 aliphatic heterocycles. The quantitative estimate of drug-likeness (QED) is 0.223. The van der Waals surface area contributed by atoms with Gasteiger partial charge >= 0.3 is 0 Å². The van der Waals surface area contributed by atoms with Crippen LogP contribution in [-0.2, 0) is 0 Å². The maximum Gasteiger partial charge on any atom is 0.138 e. The van der Waals surface area contributed by atoms with Crippen LogP contribution in [0.15, 0.2) is 68.0 Å². The van der Waals surface area contributed by atoms with Gasteiger partial charge in [-0.1, -0.05) is 111 Å². The summed E-state index contributed by atoms with van der Waals surface area (Å²) in [5, 5.41) is 15.2. The van der Waals surface area contributed by atoms with Crippen LogP contribution in [0, 0.1) is 0 Å². The number of aromatic nitrogens is 9. The molecule has 248 valence electrons. The second kappa shape index (κ2) is 35.4. The van der Waals surface area contributed by atoms with E-state index in [0.717, 1.165) is 22.8 Å². The fourth-order valence-corrected chi connectivity index (χ4v) is 2.43. The van der Waals surface area contributed by atoms with E-state index >= 15 is 0 Å². The van der Waals surface area contributed by atoms with Crippen molar-refractivity contribution in [3.8, 4) is 0 Å². The van der Waals surface area contributed by atoms with Gasteiger partial charge in [-0.05, 0) is 47.9 Å². The molecule has 0 aliphatic rings. The average molecular weight is 610 g/mol. The van der Waals surface area contributed by atoms with E-state index < -0.39 is 0 Å². The molecule has 44 heavy (non-hydrogen) atoms. The molecule has 4 rings (SSSR count). The molecule has 0 atom stereocenters. The summed E-state index contributed by atoms with van der Waals surface area (Å²) in [5.41, 5.74) is 4.20. The Hall–Kier alpha value is -3.75. The first-order valence-corrected chi connectivity index (χ1v) is 16.1. The second-order valence-electron chi connectivity index (χ2n) is 9.07. The molecule has 4 aromatic heterocycles. The van der Waals surface area contributed by atoms with Gasteiger partial charge < -0.3 is 0 Å². The smallest absolute Gasteiger partial charge is 0.138 e. The SMILES string of the molecule is CC.CC.CC.CC.CC(C)c1cccnn1.CC(C)c1ccncn1.CC(C)c1ccncn1.CC(C)c1cncnn1. The van der Waals surface area contributed by atoms with Crippen molar-refractivity contribution < 1.29 is 0 Å². The van der Waals surface area contributed by atoms with Crippen LogP contribution >= 0.6 is 0 Å². The van der Waals surface area contributed by atoms with E-state index in [-0.39, 0.29) is 0 Å². The van der Waals surface area contributed by atoms with Crippen LogP contribution in [0.3, 0.4) is 0 Å². The van der Waals surface area contributed by atoms with Crippen LogP contribution in [0.5, 0.6) is 0 Å². The zero-order valence-corrected chi connectivity index (χ0v) is 30.7. The largest absolute Gasteiger partial charge is 0.245 e. The lowest BCUT2D eigenvalue weighted by Gasteiger charge is -1.99. The Morgan fingerprint density at radius 2 is 0.818 bits per heavy atom. The van der Waals surface area contributed by atoms with Crippen molar-refractivity contribution in [3.05, 3.63) is 90.8 Å². The summed E-state index contributed by atoms with van der Waals surface area (Å²) in [6.07, 6.45) is 11.5. The molecule has 0 aliphatic carbocycles. The van der Waals surface area contributed by atoms with E-state index in [0.29, 0.717) is 23.7 Å². The van der Waals surface area contributed by atoms with Gasteiger partial charge in [0, 0.05) is 30.0 Å². The molecule has 0 spiro atoms. The molecule has 0 amide bonds. The van der Waals surface area contributed by atoms with Crippen molar-refractivity contribution in [1.29, 1.82) is 0 Å². The molecule has 0 aromatic carbocycles. The summed E-state index contributed by atoms with van der Waals surface area (Å²) in [5.74, 6) is 1.92. The Morgan fingerprint density at radius 3 is 1.02 bits per heavy atom. The highest BCUT2D eigenvalue weighted by atomic mass is 15.1. The maximum absolute atomic E-state index is 4.07. The highest BCUT2D eigenvalue weighted by molar-refractivity contribution is 5.04. The third-order valence-corrected chi connectivity index (χ3v) is 4.67. The van der Waals surface area contributed by atoms with Gasteiger partial charge in [-0.2, -0.15) is 15.3 Å². The van der Waals surface area contributed by atoms with E-state index in [1.54, 1.807) is 37.4 Å². The van der Waals surface area contributed by atoms with Crippen molar-refractivity contribution in [1.82, 2.24) is 45.3 Å². The van der Waals surface area contributed by atoms with Crippen LogP contribution < -0.4 is 0 Å². The minimum atomic E-state index is 0.422. The van der Waals surface area contributed by atoms with Gasteiger partial charge in [0.25, 0.3) is 0 Å². The number of nitrogens with zero attached hydrogens (tertiary/aromatic N) is 9.